The molecule has 5 nitrogen and oxygen atoms in total. The van der Waals surface area contributed by atoms with E-state index in [4.69, 9.17) is 5.11 Å². The largest absolute Gasteiger partial charge is 0.480 e. The van der Waals surface area contributed by atoms with Gasteiger partial charge in [0.2, 0.25) is 5.91 Å². The van der Waals surface area contributed by atoms with E-state index < -0.39 is 5.97 Å². The second-order valence-corrected chi connectivity index (χ2v) is 4.61. The van der Waals surface area contributed by atoms with Crippen LogP contribution < -0.4 is 0 Å². The van der Waals surface area contributed by atoms with Crippen LogP contribution in [0.4, 0.5) is 0 Å². The van der Waals surface area contributed by atoms with Crippen LogP contribution in [0.2, 0.25) is 0 Å². The Balaban J connectivity index is 2.53. The van der Waals surface area contributed by atoms with Gasteiger partial charge in [-0.15, -0.1) is 0 Å². The van der Waals surface area contributed by atoms with Crippen LogP contribution in [-0.4, -0.2) is 59.5 Å². The van der Waals surface area contributed by atoms with E-state index in [1.165, 1.54) is 0 Å². The van der Waals surface area contributed by atoms with Crippen LogP contribution in [0.25, 0.3) is 0 Å². The standard InChI is InChI=1S/C13H22N2O3/c1-3-5-11(2)13(18)15-7-4-6-14(8-9-15)10-12(16)17/h5H,3-4,6-10H2,1-2H3,(H,16,17). The second-order valence-electron chi connectivity index (χ2n) is 4.61. The third-order valence-corrected chi connectivity index (χ3v) is 3.08. The first-order chi connectivity index (χ1) is 8.54. The number of rotatable bonds is 4. The van der Waals surface area contributed by atoms with Crippen molar-refractivity contribution in [3.05, 3.63) is 11.6 Å². The summed E-state index contributed by atoms with van der Waals surface area (Å²) in [6.45, 7) is 6.61. The van der Waals surface area contributed by atoms with Crippen molar-refractivity contribution in [3.8, 4) is 0 Å². The lowest BCUT2D eigenvalue weighted by Gasteiger charge is -2.21. The molecule has 1 heterocycles. The summed E-state index contributed by atoms with van der Waals surface area (Å²) >= 11 is 0. The van der Waals surface area contributed by atoms with Crippen LogP contribution in [0.5, 0.6) is 0 Å². The van der Waals surface area contributed by atoms with E-state index in [9.17, 15) is 9.59 Å². The maximum atomic E-state index is 12.1. The molecule has 102 valence electrons. The number of hydrogen-bond donors (Lipinski definition) is 1. The van der Waals surface area contributed by atoms with E-state index >= 15 is 0 Å². The molecule has 0 bridgehead atoms. The molecule has 1 aliphatic heterocycles. The van der Waals surface area contributed by atoms with Gasteiger partial charge in [-0.1, -0.05) is 13.0 Å². The first kappa shape index (κ1) is 14.7. The highest BCUT2D eigenvalue weighted by Crippen LogP contribution is 2.08. The van der Waals surface area contributed by atoms with Crippen LogP contribution in [0.15, 0.2) is 11.6 Å². The summed E-state index contributed by atoms with van der Waals surface area (Å²) in [4.78, 5) is 26.5. The molecule has 1 saturated heterocycles. The molecule has 0 saturated carbocycles. The van der Waals surface area contributed by atoms with Crippen molar-refractivity contribution in [3.63, 3.8) is 0 Å². The summed E-state index contributed by atoms with van der Waals surface area (Å²) < 4.78 is 0. The number of carboxylic acids is 1. The minimum Gasteiger partial charge on any atom is -0.480 e. The summed E-state index contributed by atoms with van der Waals surface area (Å²) in [5.41, 5.74) is 0.782. The highest BCUT2D eigenvalue weighted by atomic mass is 16.4. The molecule has 0 unspecified atom stereocenters. The monoisotopic (exact) mass is 254 g/mol. The highest BCUT2D eigenvalue weighted by molar-refractivity contribution is 5.92. The fourth-order valence-electron chi connectivity index (χ4n) is 2.17. The van der Waals surface area contributed by atoms with Crippen molar-refractivity contribution < 1.29 is 14.7 Å². The number of hydrogen-bond acceptors (Lipinski definition) is 3. The van der Waals surface area contributed by atoms with E-state index in [1.54, 1.807) is 0 Å². The van der Waals surface area contributed by atoms with Gasteiger partial charge in [-0.05, 0) is 19.8 Å². The number of nitrogens with zero attached hydrogens (tertiary/aromatic N) is 2. The smallest absolute Gasteiger partial charge is 0.317 e. The summed E-state index contributed by atoms with van der Waals surface area (Å²) in [5.74, 6) is -0.731. The molecule has 18 heavy (non-hydrogen) atoms. The van der Waals surface area contributed by atoms with Crippen LogP contribution in [0.1, 0.15) is 26.7 Å². The van der Waals surface area contributed by atoms with Gasteiger partial charge in [0.15, 0.2) is 0 Å². The lowest BCUT2D eigenvalue weighted by Crippen LogP contribution is -2.37. The average molecular weight is 254 g/mol. The molecule has 1 aliphatic rings. The van der Waals surface area contributed by atoms with Crippen molar-refractivity contribution in [2.75, 3.05) is 32.7 Å². The van der Waals surface area contributed by atoms with Gasteiger partial charge in [-0.3, -0.25) is 14.5 Å². The Morgan fingerprint density at radius 1 is 1.22 bits per heavy atom. The summed E-state index contributed by atoms with van der Waals surface area (Å²) in [6, 6.07) is 0. The number of carbonyl (C=O) groups excluding carboxylic acids is 1. The predicted molar refractivity (Wildman–Crippen MR) is 69.3 cm³/mol. The predicted octanol–water partition coefficient (Wildman–Crippen LogP) is 0.962. The SMILES string of the molecule is CCC=C(C)C(=O)N1CCCN(CC(=O)O)CC1. The van der Waals surface area contributed by atoms with Crippen molar-refractivity contribution in [1.29, 1.82) is 0 Å². The van der Waals surface area contributed by atoms with E-state index in [-0.39, 0.29) is 12.5 Å². The Bertz CT molecular complexity index is 339. The van der Waals surface area contributed by atoms with E-state index in [0.717, 1.165) is 25.0 Å². The maximum Gasteiger partial charge on any atom is 0.317 e. The lowest BCUT2D eigenvalue weighted by atomic mass is 10.2. The minimum absolute atomic E-state index is 0.0613. The summed E-state index contributed by atoms with van der Waals surface area (Å²) in [6.07, 6.45) is 3.62. The van der Waals surface area contributed by atoms with Crippen molar-refractivity contribution in [2.24, 2.45) is 0 Å². The Labute approximate surface area is 108 Å². The van der Waals surface area contributed by atoms with Crippen LogP contribution in [0, 0.1) is 0 Å². The molecular formula is C13H22N2O3. The number of amides is 1. The summed E-state index contributed by atoms with van der Waals surface area (Å²) in [5, 5.41) is 8.76. The van der Waals surface area contributed by atoms with Gasteiger partial charge in [-0.2, -0.15) is 0 Å². The number of allylic oxidation sites excluding steroid dienone is 1. The summed E-state index contributed by atoms with van der Waals surface area (Å²) in [7, 11) is 0. The molecule has 1 amide bonds. The van der Waals surface area contributed by atoms with E-state index in [0.29, 0.717) is 19.6 Å². The zero-order valence-electron chi connectivity index (χ0n) is 11.2. The zero-order chi connectivity index (χ0) is 13.5. The van der Waals surface area contributed by atoms with Crippen LogP contribution in [-0.2, 0) is 9.59 Å². The van der Waals surface area contributed by atoms with Crippen molar-refractivity contribution in [2.45, 2.75) is 26.7 Å². The topological polar surface area (TPSA) is 60.9 Å². The molecule has 0 atom stereocenters. The molecule has 0 aliphatic carbocycles. The fourth-order valence-corrected chi connectivity index (χ4v) is 2.17. The lowest BCUT2D eigenvalue weighted by molar-refractivity contribution is -0.138. The first-order valence-corrected chi connectivity index (χ1v) is 6.44. The molecule has 0 radical (unpaired) electrons. The van der Waals surface area contributed by atoms with Gasteiger partial charge >= 0.3 is 5.97 Å². The molecule has 0 aromatic heterocycles. The minimum atomic E-state index is -0.808. The highest BCUT2D eigenvalue weighted by Gasteiger charge is 2.20. The normalized spacial score (nSPS) is 18.6. The Morgan fingerprint density at radius 2 is 1.94 bits per heavy atom. The molecule has 1 N–H and O–H groups in total. The average Bonchev–Trinajstić information content (AvgIpc) is 2.53. The fraction of sp³-hybridized carbons (Fsp3) is 0.692. The van der Waals surface area contributed by atoms with E-state index in [1.807, 2.05) is 29.7 Å². The third kappa shape index (κ3) is 4.49. The Kier molecular flexibility index (Phi) is 5.85. The van der Waals surface area contributed by atoms with Crippen LogP contribution in [0.3, 0.4) is 0 Å². The molecule has 5 heteroatoms. The Hall–Kier alpha value is -1.36. The van der Waals surface area contributed by atoms with Gasteiger partial charge < -0.3 is 10.0 Å². The number of carbonyl (C=O) groups is 2. The Morgan fingerprint density at radius 3 is 2.56 bits per heavy atom. The quantitative estimate of drug-likeness (QED) is 0.759. The molecular weight excluding hydrogens is 232 g/mol. The zero-order valence-corrected chi connectivity index (χ0v) is 11.2. The van der Waals surface area contributed by atoms with Gasteiger partial charge in [0.25, 0.3) is 0 Å². The third-order valence-electron chi connectivity index (χ3n) is 3.08. The molecule has 0 spiro atoms. The number of carboxylic acid groups (broad SMARTS) is 1. The van der Waals surface area contributed by atoms with Crippen molar-refractivity contribution in [1.82, 2.24) is 9.80 Å². The van der Waals surface area contributed by atoms with Gasteiger partial charge in [0, 0.05) is 31.8 Å². The first-order valence-electron chi connectivity index (χ1n) is 6.44. The number of aliphatic carboxylic acids is 1. The van der Waals surface area contributed by atoms with Gasteiger partial charge in [-0.25, -0.2) is 0 Å². The molecule has 0 aromatic carbocycles. The van der Waals surface area contributed by atoms with Crippen LogP contribution >= 0.6 is 0 Å². The van der Waals surface area contributed by atoms with E-state index in [2.05, 4.69) is 0 Å². The second kappa shape index (κ2) is 7.16. The van der Waals surface area contributed by atoms with Gasteiger partial charge in [0.1, 0.15) is 0 Å². The van der Waals surface area contributed by atoms with Gasteiger partial charge in [0.05, 0.1) is 6.54 Å². The van der Waals surface area contributed by atoms with Crippen molar-refractivity contribution >= 4 is 11.9 Å². The maximum absolute atomic E-state index is 12.1. The molecule has 1 rings (SSSR count). The molecule has 1 fully saturated rings. The molecule has 0 aromatic rings.